The third-order valence-electron chi connectivity index (χ3n) is 2.77. The van der Waals surface area contributed by atoms with Crippen molar-refractivity contribution >= 4 is 16.7 Å². The number of rotatable bonds is 4. The van der Waals surface area contributed by atoms with Gasteiger partial charge in [-0.1, -0.05) is 6.92 Å². The molecule has 1 fully saturated rings. The molecule has 88 valence electrons. The summed E-state index contributed by atoms with van der Waals surface area (Å²) in [6.07, 6.45) is 2.54. The molecule has 1 aliphatic rings. The molecule has 1 saturated heterocycles. The molecule has 1 heterocycles. The van der Waals surface area contributed by atoms with Crippen LogP contribution in [0.2, 0.25) is 0 Å². The maximum atomic E-state index is 11.9. The molecular weight excluding hydrogens is 212 g/mol. The third-order valence-corrected chi connectivity index (χ3v) is 3.72. The lowest BCUT2D eigenvalue weighted by atomic mass is 10.2. The second kappa shape index (κ2) is 5.07. The molecule has 1 N–H and O–H groups in total. The first kappa shape index (κ1) is 12.6. The summed E-state index contributed by atoms with van der Waals surface area (Å²) in [5, 5.41) is 3.23. The Hall–Kier alpha value is -0.420. The molecule has 4 unspecified atom stereocenters. The molecule has 0 aromatic heterocycles. The summed E-state index contributed by atoms with van der Waals surface area (Å²) in [6, 6.07) is -0.0184. The number of hydrogen-bond acceptors (Lipinski definition) is 3. The lowest BCUT2D eigenvalue weighted by molar-refractivity contribution is -0.131. The van der Waals surface area contributed by atoms with Crippen LogP contribution in [0.4, 0.5) is 0 Å². The smallest absolute Gasteiger partial charge is 0.241 e. The van der Waals surface area contributed by atoms with Crippen molar-refractivity contribution in [1.29, 1.82) is 0 Å². The van der Waals surface area contributed by atoms with Crippen LogP contribution in [-0.4, -0.2) is 45.3 Å². The Kier molecular flexibility index (Phi) is 4.28. The van der Waals surface area contributed by atoms with Crippen molar-refractivity contribution in [1.82, 2.24) is 10.2 Å². The van der Waals surface area contributed by atoms with Crippen molar-refractivity contribution in [3.63, 3.8) is 0 Å². The van der Waals surface area contributed by atoms with Crippen LogP contribution in [0.3, 0.4) is 0 Å². The minimum atomic E-state index is -0.856. The summed E-state index contributed by atoms with van der Waals surface area (Å²) in [5.41, 5.74) is 0. The van der Waals surface area contributed by atoms with Gasteiger partial charge in [-0.25, -0.2) is 0 Å². The van der Waals surface area contributed by atoms with Crippen LogP contribution in [-0.2, 0) is 15.6 Å². The zero-order valence-electron chi connectivity index (χ0n) is 9.82. The van der Waals surface area contributed by atoms with Crippen LogP contribution in [0.5, 0.6) is 0 Å². The van der Waals surface area contributed by atoms with Crippen LogP contribution >= 0.6 is 0 Å². The highest BCUT2D eigenvalue weighted by molar-refractivity contribution is 7.84. The van der Waals surface area contributed by atoms with E-state index in [1.165, 1.54) is 0 Å². The van der Waals surface area contributed by atoms with E-state index in [0.29, 0.717) is 5.75 Å². The average Bonchev–Trinajstić information content (AvgIpc) is 2.40. The molecule has 5 heteroatoms. The number of nitrogens with zero attached hydrogens (tertiary/aromatic N) is 1. The second-order valence-corrected chi connectivity index (χ2v) is 5.62. The normalized spacial score (nSPS) is 30.7. The summed E-state index contributed by atoms with van der Waals surface area (Å²) in [7, 11) is -0.856. The molecular formula is C10H20N2O2S. The second-order valence-electron chi connectivity index (χ2n) is 4.14. The molecule has 0 aromatic carbocycles. The Balaban J connectivity index is 2.68. The first-order chi connectivity index (χ1) is 6.97. The van der Waals surface area contributed by atoms with E-state index in [9.17, 15) is 9.00 Å². The lowest BCUT2D eigenvalue weighted by Crippen LogP contribution is -2.44. The number of amides is 1. The highest BCUT2D eigenvalue weighted by atomic mass is 32.2. The molecule has 0 aliphatic carbocycles. The van der Waals surface area contributed by atoms with Gasteiger partial charge >= 0.3 is 0 Å². The summed E-state index contributed by atoms with van der Waals surface area (Å²) < 4.78 is 11.1. The number of hydrogen-bond donors (Lipinski definition) is 1. The van der Waals surface area contributed by atoms with Gasteiger partial charge < -0.3 is 4.90 Å². The summed E-state index contributed by atoms with van der Waals surface area (Å²) in [5.74, 6) is 0.691. The molecule has 1 amide bonds. The van der Waals surface area contributed by atoms with Crippen LogP contribution in [0.25, 0.3) is 0 Å². The predicted octanol–water partition coefficient (Wildman–Crippen LogP) is 0.310. The molecule has 0 radical (unpaired) electrons. The SMILES string of the molecule is CCC1NC(C)N(C(C)CS(C)=O)C1=O. The van der Waals surface area contributed by atoms with Crippen LogP contribution in [0.1, 0.15) is 27.2 Å². The maximum Gasteiger partial charge on any atom is 0.241 e. The van der Waals surface area contributed by atoms with Gasteiger partial charge in [-0.15, -0.1) is 0 Å². The summed E-state index contributed by atoms with van der Waals surface area (Å²) in [6.45, 7) is 5.92. The van der Waals surface area contributed by atoms with Gasteiger partial charge in [0, 0.05) is 28.9 Å². The van der Waals surface area contributed by atoms with E-state index in [4.69, 9.17) is 0 Å². The van der Waals surface area contributed by atoms with Gasteiger partial charge in [0.05, 0.1) is 12.2 Å². The van der Waals surface area contributed by atoms with E-state index in [-0.39, 0.29) is 24.2 Å². The summed E-state index contributed by atoms with van der Waals surface area (Å²) >= 11 is 0. The zero-order chi connectivity index (χ0) is 11.6. The Morgan fingerprint density at radius 1 is 1.60 bits per heavy atom. The maximum absolute atomic E-state index is 11.9. The van der Waals surface area contributed by atoms with E-state index < -0.39 is 10.8 Å². The molecule has 4 nitrogen and oxygen atoms in total. The molecule has 0 spiro atoms. The standard InChI is InChI=1S/C10H20N2O2S/c1-5-9-10(13)12(8(3)11-9)7(2)6-15(4)14/h7-9,11H,5-6H2,1-4H3. The fourth-order valence-electron chi connectivity index (χ4n) is 2.12. The van der Waals surface area contributed by atoms with Crippen molar-refractivity contribution in [2.24, 2.45) is 0 Å². The van der Waals surface area contributed by atoms with Crippen molar-refractivity contribution in [3.05, 3.63) is 0 Å². The first-order valence-electron chi connectivity index (χ1n) is 5.35. The Morgan fingerprint density at radius 3 is 2.60 bits per heavy atom. The van der Waals surface area contributed by atoms with Crippen molar-refractivity contribution in [2.45, 2.75) is 45.4 Å². The fourth-order valence-corrected chi connectivity index (χ4v) is 2.96. The van der Waals surface area contributed by atoms with E-state index in [0.717, 1.165) is 6.42 Å². The van der Waals surface area contributed by atoms with Crippen molar-refractivity contribution in [2.75, 3.05) is 12.0 Å². The van der Waals surface area contributed by atoms with Crippen LogP contribution < -0.4 is 5.32 Å². The monoisotopic (exact) mass is 232 g/mol. The van der Waals surface area contributed by atoms with Crippen LogP contribution in [0.15, 0.2) is 0 Å². The van der Waals surface area contributed by atoms with Crippen molar-refractivity contribution in [3.8, 4) is 0 Å². The first-order valence-corrected chi connectivity index (χ1v) is 7.08. The third kappa shape index (κ3) is 2.78. The number of carbonyl (C=O) groups excluding carboxylic acids is 1. The number of nitrogens with one attached hydrogen (secondary N) is 1. The Labute approximate surface area is 93.9 Å². The number of carbonyl (C=O) groups is 1. The molecule has 0 saturated carbocycles. The Bertz CT molecular complexity index is 270. The molecule has 15 heavy (non-hydrogen) atoms. The van der Waals surface area contributed by atoms with E-state index in [1.807, 2.05) is 25.7 Å². The highest BCUT2D eigenvalue weighted by Crippen LogP contribution is 2.16. The van der Waals surface area contributed by atoms with Gasteiger partial charge in [0.1, 0.15) is 0 Å². The van der Waals surface area contributed by atoms with Gasteiger partial charge in [0.25, 0.3) is 0 Å². The Morgan fingerprint density at radius 2 is 2.20 bits per heavy atom. The van der Waals surface area contributed by atoms with E-state index in [2.05, 4.69) is 5.32 Å². The van der Waals surface area contributed by atoms with E-state index in [1.54, 1.807) is 6.26 Å². The fraction of sp³-hybridized carbons (Fsp3) is 0.900. The lowest BCUT2D eigenvalue weighted by Gasteiger charge is -2.27. The topological polar surface area (TPSA) is 49.4 Å². The van der Waals surface area contributed by atoms with Crippen LogP contribution in [0, 0.1) is 0 Å². The zero-order valence-corrected chi connectivity index (χ0v) is 10.6. The van der Waals surface area contributed by atoms with Gasteiger partial charge in [-0.2, -0.15) is 0 Å². The van der Waals surface area contributed by atoms with Gasteiger partial charge in [0.15, 0.2) is 0 Å². The predicted molar refractivity (Wildman–Crippen MR) is 61.9 cm³/mol. The molecule has 1 aliphatic heterocycles. The van der Waals surface area contributed by atoms with Gasteiger partial charge in [-0.05, 0) is 20.3 Å². The molecule has 0 aromatic rings. The van der Waals surface area contributed by atoms with Gasteiger partial charge in [0.2, 0.25) is 5.91 Å². The quantitative estimate of drug-likeness (QED) is 0.759. The molecule has 4 atom stereocenters. The van der Waals surface area contributed by atoms with E-state index >= 15 is 0 Å². The van der Waals surface area contributed by atoms with Gasteiger partial charge in [-0.3, -0.25) is 14.3 Å². The minimum Gasteiger partial charge on any atom is -0.322 e. The molecule has 0 bridgehead atoms. The minimum absolute atomic E-state index is 0.0439. The summed E-state index contributed by atoms with van der Waals surface area (Å²) in [4.78, 5) is 13.7. The van der Waals surface area contributed by atoms with Crippen molar-refractivity contribution < 1.29 is 9.00 Å². The average molecular weight is 232 g/mol. The molecule has 1 rings (SSSR count). The largest absolute Gasteiger partial charge is 0.322 e. The highest BCUT2D eigenvalue weighted by Gasteiger charge is 2.37.